The van der Waals surface area contributed by atoms with E-state index in [0.717, 1.165) is 30.8 Å². The van der Waals surface area contributed by atoms with Crippen molar-refractivity contribution in [2.24, 2.45) is 0 Å². The number of ether oxygens (including phenoxy) is 1. The highest BCUT2D eigenvalue weighted by Gasteiger charge is 2.49. The minimum Gasteiger partial charge on any atom is -0.497 e. The largest absolute Gasteiger partial charge is 0.497 e. The van der Waals surface area contributed by atoms with Gasteiger partial charge in [0, 0.05) is 12.2 Å². The molecule has 0 saturated carbocycles. The number of hydrogen-bond acceptors (Lipinski definition) is 3. The summed E-state index contributed by atoms with van der Waals surface area (Å²) in [5.41, 5.74) is 3.44. The van der Waals surface area contributed by atoms with Crippen LogP contribution in [0.4, 0.5) is 5.69 Å². The monoisotopic (exact) mass is 350 g/mol. The molecule has 0 aliphatic carbocycles. The maximum atomic E-state index is 13.2. The summed E-state index contributed by atoms with van der Waals surface area (Å²) >= 11 is 0. The highest BCUT2D eigenvalue weighted by molar-refractivity contribution is 6.00. The molecule has 0 spiro atoms. The summed E-state index contributed by atoms with van der Waals surface area (Å²) in [6.07, 6.45) is 2.02. The predicted octanol–water partition coefficient (Wildman–Crippen LogP) is 4.33. The fraction of sp³-hybridized carbons (Fsp3) is 0.409. The average Bonchev–Trinajstić information content (AvgIpc) is 3.24. The average molecular weight is 350 g/mol. The second-order valence-corrected chi connectivity index (χ2v) is 7.50. The highest BCUT2D eigenvalue weighted by Crippen LogP contribution is 2.42. The number of carbonyl (C=O) groups excluding carboxylic acids is 1. The standard InChI is InChI=1S/C22H26N2O2/c1-15(2)16-6-8-17(9-7-16)21-23-14-4-5-20(23)22(25)24(21)18-10-12-19(26-3)13-11-18/h6-13,15,20-21H,4-5,14H2,1-3H3. The molecule has 2 unspecified atom stereocenters. The number of benzene rings is 2. The van der Waals surface area contributed by atoms with Crippen molar-refractivity contribution in [3.05, 3.63) is 59.7 Å². The summed E-state index contributed by atoms with van der Waals surface area (Å²) in [5, 5.41) is 0. The van der Waals surface area contributed by atoms with Crippen LogP contribution in [0.25, 0.3) is 0 Å². The summed E-state index contributed by atoms with van der Waals surface area (Å²) in [6, 6.07) is 16.6. The van der Waals surface area contributed by atoms with E-state index in [4.69, 9.17) is 4.74 Å². The molecule has 2 aliphatic heterocycles. The molecule has 4 nitrogen and oxygen atoms in total. The van der Waals surface area contributed by atoms with E-state index in [9.17, 15) is 4.79 Å². The van der Waals surface area contributed by atoms with Gasteiger partial charge in [0.05, 0.1) is 13.2 Å². The quantitative estimate of drug-likeness (QED) is 0.823. The van der Waals surface area contributed by atoms with Crippen molar-refractivity contribution in [2.75, 3.05) is 18.6 Å². The molecule has 2 fully saturated rings. The Balaban J connectivity index is 1.73. The Kier molecular flexibility index (Phi) is 4.45. The highest BCUT2D eigenvalue weighted by atomic mass is 16.5. The molecule has 2 aliphatic rings. The number of rotatable bonds is 4. The summed E-state index contributed by atoms with van der Waals surface area (Å²) in [4.78, 5) is 17.5. The second-order valence-electron chi connectivity index (χ2n) is 7.50. The van der Waals surface area contributed by atoms with Crippen LogP contribution in [0.2, 0.25) is 0 Å². The number of carbonyl (C=O) groups is 1. The van der Waals surface area contributed by atoms with Crippen molar-refractivity contribution < 1.29 is 9.53 Å². The van der Waals surface area contributed by atoms with Gasteiger partial charge < -0.3 is 4.74 Å². The topological polar surface area (TPSA) is 32.8 Å². The molecule has 136 valence electrons. The number of nitrogens with zero attached hydrogens (tertiary/aromatic N) is 2. The predicted molar refractivity (Wildman–Crippen MR) is 103 cm³/mol. The van der Waals surface area contributed by atoms with E-state index < -0.39 is 0 Å². The van der Waals surface area contributed by atoms with Gasteiger partial charge >= 0.3 is 0 Å². The molecule has 0 radical (unpaired) electrons. The van der Waals surface area contributed by atoms with Gasteiger partial charge in [-0.05, 0) is 54.2 Å². The van der Waals surface area contributed by atoms with Crippen molar-refractivity contribution in [1.29, 1.82) is 0 Å². The molecule has 2 atom stereocenters. The minimum atomic E-state index is -0.0235. The van der Waals surface area contributed by atoms with Gasteiger partial charge in [-0.15, -0.1) is 0 Å². The Morgan fingerprint density at radius 3 is 2.35 bits per heavy atom. The lowest BCUT2D eigenvalue weighted by atomic mass is 10.0. The molecule has 4 heteroatoms. The minimum absolute atomic E-state index is 0.00637. The van der Waals surface area contributed by atoms with Crippen LogP contribution in [0, 0.1) is 0 Å². The van der Waals surface area contributed by atoms with Crippen LogP contribution < -0.4 is 9.64 Å². The molecule has 1 amide bonds. The molecular weight excluding hydrogens is 324 g/mol. The molecule has 4 rings (SSSR count). The van der Waals surface area contributed by atoms with Crippen LogP contribution in [0.5, 0.6) is 5.75 Å². The zero-order valence-electron chi connectivity index (χ0n) is 15.7. The van der Waals surface area contributed by atoms with Crippen molar-refractivity contribution >= 4 is 11.6 Å². The van der Waals surface area contributed by atoms with Gasteiger partial charge in [0.1, 0.15) is 11.9 Å². The Hall–Kier alpha value is -2.33. The normalized spacial score (nSPS) is 22.9. The number of anilines is 1. The van der Waals surface area contributed by atoms with Crippen LogP contribution in [0.3, 0.4) is 0 Å². The van der Waals surface area contributed by atoms with Crippen molar-refractivity contribution in [2.45, 2.75) is 44.8 Å². The van der Waals surface area contributed by atoms with Crippen LogP contribution >= 0.6 is 0 Å². The van der Waals surface area contributed by atoms with E-state index in [1.54, 1.807) is 7.11 Å². The van der Waals surface area contributed by atoms with Crippen LogP contribution in [0.1, 0.15) is 49.9 Å². The van der Waals surface area contributed by atoms with E-state index in [1.165, 1.54) is 11.1 Å². The summed E-state index contributed by atoms with van der Waals surface area (Å²) in [6.45, 7) is 5.38. The lowest BCUT2D eigenvalue weighted by Crippen LogP contribution is -2.32. The molecular formula is C22H26N2O2. The number of methoxy groups -OCH3 is 1. The zero-order chi connectivity index (χ0) is 18.3. The fourth-order valence-corrected chi connectivity index (χ4v) is 4.18. The summed E-state index contributed by atoms with van der Waals surface area (Å²) in [7, 11) is 1.66. The zero-order valence-corrected chi connectivity index (χ0v) is 15.7. The van der Waals surface area contributed by atoms with Gasteiger partial charge in [0.25, 0.3) is 0 Å². The third-order valence-corrected chi connectivity index (χ3v) is 5.63. The van der Waals surface area contributed by atoms with Gasteiger partial charge in [-0.25, -0.2) is 0 Å². The fourth-order valence-electron chi connectivity index (χ4n) is 4.18. The third-order valence-electron chi connectivity index (χ3n) is 5.63. The number of amides is 1. The Morgan fingerprint density at radius 2 is 1.73 bits per heavy atom. The molecule has 0 N–H and O–H groups in total. The SMILES string of the molecule is COc1ccc(N2C(=O)C3CCCN3C2c2ccc(C(C)C)cc2)cc1. The van der Waals surface area contributed by atoms with Crippen molar-refractivity contribution in [3.63, 3.8) is 0 Å². The number of fused-ring (bicyclic) bond motifs is 1. The Labute approximate surface area is 155 Å². The molecule has 26 heavy (non-hydrogen) atoms. The molecule has 2 aromatic rings. The number of hydrogen-bond donors (Lipinski definition) is 0. The van der Waals surface area contributed by atoms with Crippen molar-refractivity contribution in [3.8, 4) is 5.75 Å². The first-order chi connectivity index (χ1) is 12.6. The second kappa shape index (κ2) is 6.76. The molecule has 2 aromatic carbocycles. The van der Waals surface area contributed by atoms with E-state index in [0.29, 0.717) is 5.92 Å². The van der Waals surface area contributed by atoms with E-state index in [2.05, 4.69) is 43.0 Å². The first-order valence-electron chi connectivity index (χ1n) is 9.43. The van der Waals surface area contributed by atoms with Crippen molar-refractivity contribution in [1.82, 2.24) is 4.90 Å². The van der Waals surface area contributed by atoms with Crippen LogP contribution in [-0.4, -0.2) is 30.5 Å². The first-order valence-corrected chi connectivity index (χ1v) is 9.43. The Morgan fingerprint density at radius 1 is 1.04 bits per heavy atom. The van der Waals surface area contributed by atoms with Gasteiger partial charge in [-0.1, -0.05) is 38.1 Å². The third kappa shape index (κ3) is 2.78. The first kappa shape index (κ1) is 17.1. The van der Waals surface area contributed by atoms with E-state index in [1.807, 2.05) is 29.2 Å². The van der Waals surface area contributed by atoms with Gasteiger partial charge in [0.15, 0.2) is 0 Å². The van der Waals surface area contributed by atoms with Crippen LogP contribution in [-0.2, 0) is 4.79 Å². The molecule has 0 aromatic heterocycles. The Bertz CT molecular complexity index is 783. The van der Waals surface area contributed by atoms with Gasteiger partial charge in [-0.2, -0.15) is 0 Å². The van der Waals surface area contributed by atoms with E-state index in [-0.39, 0.29) is 18.1 Å². The summed E-state index contributed by atoms with van der Waals surface area (Å²) in [5.74, 6) is 1.52. The molecule has 2 heterocycles. The molecule has 0 bridgehead atoms. The van der Waals surface area contributed by atoms with Gasteiger partial charge in [0.2, 0.25) is 5.91 Å². The lowest BCUT2D eigenvalue weighted by molar-refractivity contribution is -0.119. The van der Waals surface area contributed by atoms with Crippen LogP contribution in [0.15, 0.2) is 48.5 Å². The maximum absolute atomic E-state index is 13.2. The lowest BCUT2D eigenvalue weighted by Gasteiger charge is -2.30. The summed E-state index contributed by atoms with van der Waals surface area (Å²) < 4.78 is 5.27. The van der Waals surface area contributed by atoms with E-state index >= 15 is 0 Å². The smallest absolute Gasteiger partial charge is 0.246 e. The maximum Gasteiger partial charge on any atom is 0.246 e. The molecule has 2 saturated heterocycles. The van der Waals surface area contributed by atoms with Gasteiger partial charge in [-0.3, -0.25) is 14.6 Å².